The van der Waals surface area contributed by atoms with Gasteiger partial charge in [0.1, 0.15) is 11.5 Å². The minimum atomic E-state index is -3.68. The Morgan fingerprint density at radius 1 is 0.906 bits per heavy atom. The monoisotopic (exact) mass is 454 g/mol. The maximum Gasteiger partial charge on any atom is 0.243 e. The van der Waals surface area contributed by atoms with E-state index in [1.54, 1.807) is 73.8 Å². The van der Waals surface area contributed by atoms with Crippen molar-refractivity contribution in [3.8, 4) is 11.5 Å². The molecule has 168 valence electrons. The molecule has 8 heteroatoms. The molecule has 0 heterocycles. The number of amides is 1. The Bertz CT molecular complexity index is 1190. The van der Waals surface area contributed by atoms with Crippen molar-refractivity contribution in [3.05, 3.63) is 72.3 Å². The predicted molar refractivity (Wildman–Crippen MR) is 124 cm³/mol. The second-order valence-corrected chi connectivity index (χ2v) is 8.84. The van der Waals surface area contributed by atoms with Crippen molar-refractivity contribution < 1.29 is 22.7 Å². The molecular formula is C24H26N2O5S. The molecule has 0 atom stereocenters. The second-order valence-electron chi connectivity index (χ2n) is 6.92. The van der Waals surface area contributed by atoms with E-state index in [-0.39, 0.29) is 22.2 Å². The van der Waals surface area contributed by atoms with Gasteiger partial charge in [-0.05, 0) is 48.4 Å². The number of hydrogen-bond acceptors (Lipinski definition) is 6. The number of rotatable bonds is 9. The molecule has 2 N–H and O–H groups in total. The van der Waals surface area contributed by atoms with Crippen LogP contribution in [0.1, 0.15) is 12.5 Å². The summed E-state index contributed by atoms with van der Waals surface area (Å²) >= 11 is 0. The Kier molecular flexibility index (Phi) is 7.37. The van der Waals surface area contributed by atoms with Crippen molar-refractivity contribution in [3.63, 3.8) is 0 Å². The maximum absolute atomic E-state index is 13.1. The largest absolute Gasteiger partial charge is 0.497 e. The number of carbonyl (C=O) groups is 1. The lowest BCUT2D eigenvalue weighted by atomic mass is 10.1. The molecule has 1 amide bonds. The number of carbonyl (C=O) groups excluding carboxylic acids is 1. The van der Waals surface area contributed by atoms with Crippen LogP contribution in [0.3, 0.4) is 0 Å². The molecule has 0 aliphatic rings. The van der Waals surface area contributed by atoms with Crippen LogP contribution in [0.25, 0.3) is 0 Å². The van der Waals surface area contributed by atoms with Gasteiger partial charge in [0.15, 0.2) is 0 Å². The lowest BCUT2D eigenvalue weighted by molar-refractivity contribution is -0.114. The average Bonchev–Trinajstić information content (AvgIpc) is 2.83. The first-order chi connectivity index (χ1) is 15.4. The average molecular weight is 455 g/mol. The smallest absolute Gasteiger partial charge is 0.243 e. The summed E-state index contributed by atoms with van der Waals surface area (Å²) < 4.78 is 36.7. The molecule has 0 saturated carbocycles. The van der Waals surface area contributed by atoms with Gasteiger partial charge in [0.05, 0.1) is 36.2 Å². The summed E-state index contributed by atoms with van der Waals surface area (Å²) in [5.74, 6) is 0.789. The zero-order valence-electron chi connectivity index (χ0n) is 18.2. The molecular weight excluding hydrogens is 428 g/mol. The quantitative estimate of drug-likeness (QED) is 0.505. The van der Waals surface area contributed by atoms with Gasteiger partial charge in [0, 0.05) is 11.8 Å². The molecule has 0 unspecified atom stereocenters. The van der Waals surface area contributed by atoms with E-state index in [2.05, 4.69) is 10.6 Å². The zero-order valence-corrected chi connectivity index (χ0v) is 19.0. The van der Waals surface area contributed by atoms with E-state index in [0.717, 1.165) is 0 Å². The first kappa shape index (κ1) is 23.1. The Hall–Kier alpha value is -3.52. The molecule has 3 aromatic rings. The lowest BCUT2D eigenvalue weighted by Crippen LogP contribution is -2.23. The molecule has 32 heavy (non-hydrogen) atoms. The van der Waals surface area contributed by atoms with Gasteiger partial charge in [0.2, 0.25) is 15.7 Å². The molecule has 0 bridgehead atoms. The normalized spacial score (nSPS) is 11.0. The van der Waals surface area contributed by atoms with Gasteiger partial charge in [-0.2, -0.15) is 0 Å². The summed E-state index contributed by atoms with van der Waals surface area (Å²) in [6.07, 6.45) is 0.485. The topological polar surface area (TPSA) is 93.7 Å². The first-order valence-electron chi connectivity index (χ1n) is 10.1. The lowest BCUT2D eigenvalue weighted by Gasteiger charge is -2.16. The fraction of sp³-hybridized carbons (Fsp3) is 0.208. The van der Waals surface area contributed by atoms with Gasteiger partial charge < -0.3 is 20.1 Å². The highest BCUT2D eigenvalue weighted by Gasteiger charge is 2.22. The van der Waals surface area contributed by atoms with Crippen molar-refractivity contribution in [1.29, 1.82) is 0 Å². The third-order valence-corrected chi connectivity index (χ3v) is 6.81. The van der Waals surface area contributed by atoms with Crippen molar-refractivity contribution in [2.24, 2.45) is 0 Å². The Morgan fingerprint density at radius 3 is 2.31 bits per heavy atom. The van der Waals surface area contributed by atoms with Gasteiger partial charge >= 0.3 is 0 Å². The van der Waals surface area contributed by atoms with Crippen LogP contribution in [0, 0.1) is 0 Å². The van der Waals surface area contributed by atoms with E-state index in [4.69, 9.17) is 9.47 Å². The van der Waals surface area contributed by atoms with Crippen molar-refractivity contribution in [2.75, 3.05) is 31.4 Å². The van der Waals surface area contributed by atoms with E-state index in [0.29, 0.717) is 34.9 Å². The summed E-state index contributed by atoms with van der Waals surface area (Å²) in [5, 5.41) is 5.86. The summed E-state index contributed by atoms with van der Waals surface area (Å²) in [7, 11) is -0.617. The molecule has 7 nitrogen and oxygen atoms in total. The Labute approximate surface area is 188 Å². The van der Waals surface area contributed by atoms with Crippen LogP contribution in [0.15, 0.2) is 76.5 Å². The van der Waals surface area contributed by atoms with Crippen LogP contribution in [-0.4, -0.2) is 35.1 Å². The summed E-state index contributed by atoms with van der Waals surface area (Å²) in [6.45, 7) is 1.84. The van der Waals surface area contributed by atoms with Crippen LogP contribution in [-0.2, 0) is 21.1 Å². The van der Waals surface area contributed by atoms with Gasteiger partial charge in [-0.3, -0.25) is 4.79 Å². The summed E-state index contributed by atoms with van der Waals surface area (Å²) in [5.41, 5.74) is 1.74. The number of anilines is 2. The van der Waals surface area contributed by atoms with E-state index in [1.165, 1.54) is 7.11 Å². The van der Waals surface area contributed by atoms with E-state index in [1.807, 2.05) is 6.92 Å². The molecule has 3 aromatic carbocycles. The summed E-state index contributed by atoms with van der Waals surface area (Å²) in [6, 6.07) is 18.4. The molecule has 0 aliphatic heterocycles. The van der Waals surface area contributed by atoms with Crippen molar-refractivity contribution in [2.45, 2.75) is 23.1 Å². The highest BCUT2D eigenvalue weighted by atomic mass is 32.2. The number of nitrogens with one attached hydrogen (secondary N) is 2. The number of hydrogen-bond donors (Lipinski definition) is 2. The highest BCUT2D eigenvalue weighted by molar-refractivity contribution is 7.91. The highest BCUT2D eigenvalue weighted by Crippen LogP contribution is 2.30. The minimum absolute atomic E-state index is 0.0446. The van der Waals surface area contributed by atoms with Crippen molar-refractivity contribution >= 4 is 27.1 Å². The van der Waals surface area contributed by atoms with Crippen LogP contribution < -0.4 is 20.1 Å². The van der Waals surface area contributed by atoms with E-state index < -0.39 is 9.84 Å². The van der Waals surface area contributed by atoms with Crippen LogP contribution >= 0.6 is 0 Å². The predicted octanol–water partition coefficient (Wildman–Crippen LogP) is 4.15. The number of benzene rings is 3. The van der Waals surface area contributed by atoms with Crippen molar-refractivity contribution in [1.82, 2.24) is 0 Å². The summed E-state index contributed by atoms with van der Waals surface area (Å²) in [4.78, 5) is 13.0. The molecule has 0 aromatic heterocycles. The number of ether oxygens (including phenoxy) is 2. The number of sulfone groups is 1. The van der Waals surface area contributed by atoms with Gasteiger partial charge in [0.25, 0.3) is 0 Å². The third-order valence-electron chi connectivity index (χ3n) is 4.95. The minimum Gasteiger partial charge on any atom is -0.497 e. The Balaban J connectivity index is 1.79. The SMILES string of the molecule is CCc1c(NCC(=O)Nc2ccc(OC)cc2OC)cccc1S(=O)(=O)c1ccccc1. The molecule has 0 aliphatic carbocycles. The first-order valence-corrected chi connectivity index (χ1v) is 11.6. The third kappa shape index (κ3) is 5.03. The molecule has 0 radical (unpaired) electrons. The van der Waals surface area contributed by atoms with Gasteiger partial charge in [-0.25, -0.2) is 8.42 Å². The fourth-order valence-electron chi connectivity index (χ4n) is 3.35. The van der Waals surface area contributed by atoms with Crippen LogP contribution in [0.4, 0.5) is 11.4 Å². The van der Waals surface area contributed by atoms with Gasteiger partial charge in [-0.15, -0.1) is 0 Å². The van der Waals surface area contributed by atoms with Crippen LogP contribution in [0.5, 0.6) is 11.5 Å². The molecule has 3 rings (SSSR count). The van der Waals surface area contributed by atoms with Gasteiger partial charge in [-0.1, -0.05) is 31.2 Å². The molecule has 0 spiro atoms. The standard InChI is InChI=1S/C24H26N2O5S/c1-4-19-20(11-8-12-23(19)32(28,29)18-9-6-5-7-10-18)25-16-24(27)26-21-14-13-17(30-2)15-22(21)31-3/h5-15,25H,4,16H2,1-3H3,(H,26,27). The molecule has 0 saturated heterocycles. The van der Waals surface area contributed by atoms with E-state index >= 15 is 0 Å². The molecule has 0 fully saturated rings. The maximum atomic E-state index is 13.1. The number of methoxy groups -OCH3 is 2. The van der Waals surface area contributed by atoms with Crippen LogP contribution in [0.2, 0.25) is 0 Å². The Morgan fingerprint density at radius 2 is 1.66 bits per heavy atom. The second kappa shape index (κ2) is 10.2. The zero-order chi connectivity index (χ0) is 23.1. The van der Waals surface area contributed by atoms with E-state index in [9.17, 15) is 13.2 Å². The fourth-order valence-corrected chi connectivity index (χ4v) is 4.95.